The predicted octanol–water partition coefficient (Wildman–Crippen LogP) is 11.5. The average Bonchev–Trinajstić information content (AvgIpc) is 3.64. The van der Waals surface area contributed by atoms with Crippen molar-refractivity contribution in [1.82, 2.24) is 0 Å². The Morgan fingerprint density at radius 3 is 1.02 bits per heavy atom. The van der Waals surface area contributed by atoms with Crippen LogP contribution in [0.5, 0.6) is 11.5 Å². The molecule has 3 heteroatoms. The molecule has 0 unspecified atom stereocenters. The SMILES string of the molecule is C[C]1[CH][C](c2ccccc2-c2ccccc2[C]2[CH][C](C)[C](C)[CH]2)[CH][C]1C.Oc1ccc2ccccc2c1-c1c(O)ccc2ccccc12.[Ti]. The third kappa shape index (κ3) is 6.96. The van der Waals surface area contributed by atoms with E-state index in [4.69, 9.17) is 0 Å². The second-order valence-corrected chi connectivity index (χ2v) is 12.7. The van der Waals surface area contributed by atoms with Crippen molar-refractivity contribution >= 4 is 21.5 Å². The number of hydrogen-bond donors (Lipinski definition) is 2. The molecule has 10 radical (unpaired) electrons. The van der Waals surface area contributed by atoms with Crippen LogP contribution in [0.25, 0.3) is 43.8 Å². The number of phenols is 2. The summed E-state index contributed by atoms with van der Waals surface area (Å²) in [7, 11) is 0. The first-order chi connectivity index (χ1) is 23.3. The topological polar surface area (TPSA) is 40.5 Å². The van der Waals surface area contributed by atoms with Gasteiger partial charge in [0, 0.05) is 44.7 Å². The van der Waals surface area contributed by atoms with Gasteiger partial charge in [0.2, 0.25) is 0 Å². The van der Waals surface area contributed by atoms with Gasteiger partial charge in [0.25, 0.3) is 0 Å². The first kappa shape index (κ1) is 35.0. The van der Waals surface area contributed by atoms with E-state index < -0.39 is 0 Å². The van der Waals surface area contributed by atoms with Crippen molar-refractivity contribution in [2.45, 2.75) is 27.7 Å². The molecule has 6 aromatic rings. The molecule has 0 bridgehead atoms. The Bertz CT molecular complexity index is 1900. The Morgan fingerprint density at radius 2 is 0.653 bits per heavy atom. The van der Waals surface area contributed by atoms with Crippen molar-refractivity contribution in [1.29, 1.82) is 0 Å². The smallest absolute Gasteiger partial charge is 0.124 e. The van der Waals surface area contributed by atoms with Crippen LogP contribution in [0.4, 0.5) is 0 Å². The van der Waals surface area contributed by atoms with Crippen LogP contribution in [0.1, 0.15) is 38.8 Å². The number of benzene rings is 6. The number of aromatic hydroxyl groups is 2. The van der Waals surface area contributed by atoms with Crippen LogP contribution < -0.4 is 0 Å². The van der Waals surface area contributed by atoms with Gasteiger partial charge in [-0.2, -0.15) is 0 Å². The van der Waals surface area contributed by atoms with E-state index in [2.05, 4.69) is 102 Å². The fourth-order valence-corrected chi connectivity index (χ4v) is 6.77. The van der Waals surface area contributed by atoms with Gasteiger partial charge < -0.3 is 10.2 Å². The van der Waals surface area contributed by atoms with Gasteiger partial charge in [-0.05, 0) is 105 Å². The summed E-state index contributed by atoms with van der Waals surface area (Å²) in [5.41, 5.74) is 6.54. The van der Waals surface area contributed by atoms with Crippen LogP contribution in [0, 0.1) is 61.2 Å². The maximum absolute atomic E-state index is 10.4. The Kier molecular flexibility index (Phi) is 10.7. The molecule has 2 aliphatic rings. The Balaban J connectivity index is 0.000000169. The van der Waals surface area contributed by atoms with E-state index in [1.807, 2.05) is 60.7 Å². The molecule has 0 atom stereocenters. The van der Waals surface area contributed by atoms with Gasteiger partial charge in [-0.25, -0.2) is 0 Å². The largest absolute Gasteiger partial charge is 0.507 e. The van der Waals surface area contributed by atoms with Crippen LogP contribution in [0.15, 0.2) is 121 Å². The predicted molar refractivity (Wildman–Crippen MR) is 200 cm³/mol. The minimum absolute atomic E-state index is 0. The molecular formula is C46H38O2Ti. The maximum atomic E-state index is 10.4. The molecule has 2 N–H and O–H groups in total. The van der Waals surface area contributed by atoms with Crippen molar-refractivity contribution in [3.8, 4) is 33.8 Å². The fraction of sp³-hybridized carbons (Fsp3) is 0.0870. The van der Waals surface area contributed by atoms with E-state index in [1.54, 1.807) is 12.1 Å². The van der Waals surface area contributed by atoms with E-state index in [1.165, 1.54) is 57.8 Å². The Hall–Kier alpha value is -3.85. The molecule has 0 saturated heterocycles. The third-order valence-electron chi connectivity index (χ3n) is 9.56. The van der Waals surface area contributed by atoms with Gasteiger partial charge in [0.15, 0.2) is 0 Å². The van der Waals surface area contributed by atoms with Crippen molar-refractivity contribution in [3.63, 3.8) is 0 Å². The molecule has 49 heavy (non-hydrogen) atoms. The molecular weight excluding hydrogens is 632 g/mol. The van der Waals surface area contributed by atoms with Crippen LogP contribution in [-0.2, 0) is 21.7 Å². The first-order valence-corrected chi connectivity index (χ1v) is 16.4. The molecule has 2 saturated carbocycles. The standard InChI is InChI=1S/C26H24.C20H14O2.Ti/c1-17-13-21(14-18(17)2)23-9-5-7-11-25(23)26-12-8-6-10-24(26)22-15-19(3)20(4)16-22;21-17-11-9-13-5-1-3-7-15(13)19(17)20-16-8-4-2-6-14(16)10-12-18(20)22;/h5-16H,1-4H3;1-12,21-22H;. The van der Waals surface area contributed by atoms with Gasteiger partial charge in [0.1, 0.15) is 11.5 Å². The minimum atomic E-state index is 0. The number of phenolic OH excluding ortho intramolecular Hbond substituents is 2. The zero-order valence-electron chi connectivity index (χ0n) is 28.3. The van der Waals surface area contributed by atoms with Gasteiger partial charge in [-0.1, -0.05) is 137 Å². The molecule has 0 heterocycles. The summed E-state index contributed by atoms with van der Waals surface area (Å²) in [5.74, 6) is 8.36. The number of rotatable bonds is 4. The maximum Gasteiger partial charge on any atom is 0.124 e. The fourth-order valence-electron chi connectivity index (χ4n) is 6.77. The van der Waals surface area contributed by atoms with E-state index in [0.717, 1.165) is 21.5 Å². The summed E-state index contributed by atoms with van der Waals surface area (Å²) in [6, 6.07) is 40.4. The first-order valence-electron chi connectivity index (χ1n) is 16.4. The molecule has 2 nitrogen and oxygen atoms in total. The van der Waals surface area contributed by atoms with Crippen LogP contribution in [0.3, 0.4) is 0 Å². The van der Waals surface area contributed by atoms with Crippen molar-refractivity contribution in [3.05, 3.63) is 194 Å². The summed E-state index contributed by atoms with van der Waals surface area (Å²) in [6.07, 6.45) is 9.20. The normalized spacial score (nSPS) is 16.6. The molecule has 0 aliphatic heterocycles. The average molecular weight is 671 g/mol. The molecule has 238 valence electrons. The van der Waals surface area contributed by atoms with E-state index in [-0.39, 0.29) is 33.2 Å². The van der Waals surface area contributed by atoms with Crippen molar-refractivity contribution in [2.75, 3.05) is 0 Å². The van der Waals surface area contributed by atoms with E-state index >= 15 is 0 Å². The summed E-state index contributed by atoms with van der Waals surface area (Å²) in [5, 5.41) is 24.8. The second kappa shape index (κ2) is 15.0. The van der Waals surface area contributed by atoms with Gasteiger partial charge in [-0.15, -0.1) is 0 Å². The second-order valence-electron chi connectivity index (χ2n) is 12.7. The molecule has 0 aromatic heterocycles. The quantitative estimate of drug-likeness (QED) is 0.183. The molecule has 6 aromatic carbocycles. The Labute approximate surface area is 307 Å². The summed E-state index contributed by atoms with van der Waals surface area (Å²) in [4.78, 5) is 0. The number of hydrogen-bond acceptors (Lipinski definition) is 2. The molecule has 2 fully saturated rings. The Morgan fingerprint density at radius 1 is 0.347 bits per heavy atom. The van der Waals surface area contributed by atoms with Gasteiger partial charge in [0.05, 0.1) is 0 Å². The summed E-state index contributed by atoms with van der Waals surface area (Å²) >= 11 is 0. The van der Waals surface area contributed by atoms with Gasteiger partial charge in [-0.3, -0.25) is 0 Å². The molecule has 0 amide bonds. The van der Waals surface area contributed by atoms with Crippen molar-refractivity contribution < 1.29 is 31.9 Å². The molecule has 2 aliphatic carbocycles. The van der Waals surface area contributed by atoms with E-state index in [9.17, 15) is 10.2 Å². The van der Waals surface area contributed by atoms with E-state index in [0.29, 0.717) is 11.1 Å². The minimum Gasteiger partial charge on any atom is -0.507 e. The zero-order chi connectivity index (χ0) is 33.4. The third-order valence-corrected chi connectivity index (χ3v) is 9.56. The van der Waals surface area contributed by atoms with Crippen molar-refractivity contribution in [2.24, 2.45) is 0 Å². The molecule has 8 rings (SSSR count). The number of fused-ring (bicyclic) bond motifs is 2. The summed E-state index contributed by atoms with van der Waals surface area (Å²) in [6.45, 7) is 8.74. The van der Waals surface area contributed by atoms with Crippen LogP contribution >= 0.6 is 0 Å². The van der Waals surface area contributed by atoms with Gasteiger partial charge >= 0.3 is 0 Å². The van der Waals surface area contributed by atoms with Crippen LogP contribution in [0.2, 0.25) is 0 Å². The zero-order valence-corrected chi connectivity index (χ0v) is 29.8. The summed E-state index contributed by atoms with van der Waals surface area (Å²) < 4.78 is 0. The monoisotopic (exact) mass is 670 g/mol. The molecule has 0 spiro atoms. The van der Waals surface area contributed by atoms with Crippen LogP contribution in [-0.4, -0.2) is 10.2 Å².